The number of amides is 1. The predicted molar refractivity (Wildman–Crippen MR) is 79.7 cm³/mol. The minimum Gasteiger partial charge on any atom is -0.373 e. The van der Waals surface area contributed by atoms with Crippen LogP contribution in [0.1, 0.15) is 40.7 Å². The fourth-order valence-corrected chi connectivity index (χ4v) is 3.23. The van der Waals surface area contributed by atoms with Crippen LogP contribution in [-0.4, -0.2) is 22.5 Å². The number of carbonyl (C=O) groups excluding carboxylic acids is 1. The summed E-state index contributed by atoms with van der Waals surface area (Å²) in [5.74, 6) is -0.342. The van der Waals surface area contributed by atoms with Gasteiger partial charge in [0.1, 0.15) is 5.69 Å². The van der Waals surface area contributed by atoms with E-state index in [1.165, 1.54) is 0 Å². The second-order valence-electron chi connectivity index (χ2n) is 4.80. The summed E-state index contributed by atoms with van der Waals surface area (Å²) in [4.78, 5) is 31.0. The Hall–Kier alpha value is -1.99. The van der Waals surface area contributed by atoms with E-state index in [9.17, 15) is 9.59 Å². The second-order valence-corrected chi connectivity index (χ2v) is 5.82. The Labute approximate surface area is 125 Å². The van der Waals surface area contributed by atoms with Crippen LogP contribution in [0.5, 0.6) is 0 Å². The highest BCUT2D eigenvalue weighted by molar-refractivity contribution is 7.09. The van der Waals surface area contributed by atoms with Crippen LogP contribution >= 0.6 is 11.3 Å². The molecule has 2 N–H and O–H groups in total. The van der Waals surface area contributed by atoms with Crippen molar-refractivity contribution in [2.75, 3.05) is 11.9 Å². The average Bonchev–Trinajstić information content (AvgIpc) is 2.91. The van der Waals surface area contributed by atoms with Gasteiger partial charge in [0.15, 0.2) is 0 Å². The summed E-state index contributed by atoms with van der Waals surface area (Å²) in [5.41, 5.74) is 0.880. The first-order valence-corrected chi connectivity index (χ1v) is 7.61. The summed E-state index contributed by atoms with van der Waals surface area (Å²) in [6, 6.07) is 3.48. The largest absolute Gasteiger partial charge is 0.373 e. The smallest absolute Gasteiger partial charge is 0.305 e. The van der Waals surface area contributed by atoms with Crippen molar-refractivity contribution in [3.05, 3.63) is 44.8 Å². The fourth-order valence-electron chi connectivity index (χ4n) is 2.31. The highest BCUT2D eigenvalue weighted by Gasteiger charge is 2.25. The Bertz CT molecular complexity index is 674. The molecule has 6 nitrogen and oxygen atoms in total. The number of nitrogens with one attached hydrogen (secondary N) is 2. The van der Waals surface area contributed by atoms with Crippen molar-refractivity contribution in [2.24, 2.45) is 0 Å². The number of rotatable bonds is 3. The summed E-state index contributed by atoms with van der Waals surface area (Å²) in [6.45, 7) is 0.667. The molecule has 1 amide bonds. The van der Waals surface area contributed by atoms with Crippen molar-refractivity contribution in [3.8, 4) is 0 Å². The molecule has 3 heterocycles. The Balaban J connectivity index is 1.84. The third-order valence-corrected chi connectivity index (χ3v) is 4.27. The molecule has 0 saturated carbocycles. The number of ether oxygens (including phenoxy) is 1. The molecule has 1 atom stereocenters. The molecule has 110 valence electrons. The monoisotopic (exact) mass is 305 g/mol. The minimum atomic E-state index is -0.342. The molecule has 7 heteroatoms. The molecular weight excluding hydrogens is 290 g/mol. The van der Waals surface area contributed by atoms with E-state index in [1.54, 1.807) is 24.5 Å². The van der Waals surface area contributed by atoms with E-state index in [2.05, 4.69) is 15.3 Å². The van der Waals surface area contributed by atoms with Crippen LogP contribution in [0.15, 0.2) is 29.3 Å². The maximum absolute atomic E-state index is 12.3. The third-order valence-electron chi connectivity index (χ3n) is 3.29. The number of hydrogen-bond donors (Lipinski definition) is 2. The van der Waals surface area contributed by atoms with Gasteiger partial charge in [0.2, 0.25) is 0 Å². The number of H-pyrrole nitrogens is 1. The molecule has 2 aromatic heterocycles. The summed E-state index contributed by atoms with van der Waals surface area (Å²) < 4.78 is 5.68. The van der Waals surface area contributed by atoms with Gasteiger partial charge in [-0.1, -0.05) is 11.3 Å². The number of thiazole rings is 1. The topological polar surface area (TPSA) is 84.1 Å². The van der Waals surface area contributed by atoms with Crippen LogP contribution in [-0.2, 0) is 4.74 Å². The molecule has 1 fully saturated rings. The predicted octanol–water partition coefficient (Wildman–Crippen LogP) is 2.33. The Morgan fingerprint density at radius 1 is 1.48 bits per heavy atom. The first kappa shape index (κ1) is 14.0. The lowest BCUT2D eigenvalue weighted by atomic mass is 10.1. The molecule has 2 aromatic rings. The van der Waals surface area contributed by atoms with Gasteiger partial charge in [-0.25, -0.2) is 0 Å². The maximum atomic E-state index is 12.3. The number of pyridine rings is 1. The summed E-state index contributed by atoms with van der Waals surface area (Å²) in [5, 5.41) is 2.73. The van der Waals surface area contributed by atoms with Crippen molar-refractivity contribution in [1.29, 1.82) is 0 Å². The highest BCUT2D eigenvalue weighted by Crippen LogP contribution is 2.31. The molecule has 21 heavy (non-hydrogen) atoms. The van der Waals surface area contributed by atoms with E-state index in [0.29, 0.717) is 22.9 Å². The molecule has 0 spiro atoms. The molecule has 0 aliphatic carbocycles. The van der Waals surface area contributed by atoms with E-state index in [-0.39, 0.29) is 16.9 Å². The summed E-state index contributed by atoms with van der Waals surface area (Å²) >= 11 is 1.05. The van der Waals surface area contributed by atoms with Gasteiger partial charge in [-0.3, -0.25) is 14.6 Å². The quantitative estimate of drug-likeness (QED) is 0.911. The molecule has 1 unspecified atom stereocenters. The highest BCUT2D eigenvalue weighted by atomic mass is 32.1. The van der Waals surface area contributed by atoms with Crippen molar-refractivity contribution < 1.29 is 9.53 Å². The lowest BCUT2D eigenvalue weighted by molar-refractivity contribution is 0.0166. The molecule has 1 saturated heterocycles. The van der Waals surface area contributed by atoms with Gasteiger partial charge >= 0.3 is 4.87 Å². The lowest BCUT2D eigenvalue weighted by Crippen LogP contribution is -2.18. The number of aromatic nitrogens is 2. The minimum absolute atomic E-state index is 0.169. The zero-order valence-electron chi connectivity index (χ0n) is 11.3. The van der Waals surface area contributed by atoms with Crippen molar-refractivity contribution >= 4 is 22.9 Å². The normalized spacial score (nSPS) is 18.4. The molecule has 0 bridgehead atoms. The number of hydrogen-bond acceptors (Lipinski definition) is 5. The Kier molecular flexibility index (Phi) is 4.12. The van der Waals surface area contributed by atoms with E-state index in [1.807, 2.05) is 0 Å². The number of carbonyl (C=O) groups is 1. The van der Waals surface area contributed by atoms with Gasteiger partial charge in [0, 0.05) is 12.8 Å². The second kappa shape index (κ2) is 6.19. The fraction of sp³-hybridized carbons (Fsp3) is 0.357. The standard InChI is InChI=1S/C14H15N3O3S/c18-13(16-9-4-3-6-15-8-9)11-12(21-14(19)17-11)10-5-1-2-7-20-10/h3-4,6,8,10H,1-2,5,7H2,(H,16,18)(H,17,19). The van der Waals surface area contributed by atoms with Gasteiger partial charge in [-0.2, -0.15) is 0 Å². The van der Waals surface area contributed by atoms with Gasteiger partial charge in [0.25, 0.3) is 5.91 Å². The lowest BCUT2D eigenvalue weighted by Gasteiger charge is -2.21. The first-order chi connectivity index (χ1) is 10.2. The van der Waals surface area contributed by atoms with Crippen LogP contribution in [0.25, 0.3) is 0 Å². The summed E-state index contributed by atoms with van der Waals surface area (Å²) in [7, 11) is 0. The van der Waals surface area contributed by atoms with Gasteiger partial charge in [0.05, 0.1) is 22.9 Å². The van der Waals surface area contributed by atoms with Crippen LogP contribution < -0.4 is 10.2 Å². The Morgan fingerprint density at radius 3 is 3.10 bits per heavy atom. The molecule has 0 radical (unpaired) electrons. The van der Waals surface area contributed by atoms with E-state index < -0.39 is 0 Å². The van der Waals surface area contributed by atoms with Gasteiger partial charge < -0.3 is 15.0 Å². The number of anilines is 1. The van der Waals surface area contributed by atoms with Crippen LogP contribution in [0.2, 0.25) is 0 Å². The molecule has 0 aromatic carbocycles. The Morgan fingerprint density at radius 2 is 2.38 bits per heavy atom. The van der Waals surface area contributed by atoms with Crippen LogP contribution in [0, 0.1) is 0 Å². The number of nitrogens with zero attached hydrogens (tertiary/aromatic N) is 1. The molecule has 1 aliphatic rings. The van der Waals surface area contributed by atoms with E-state index in [4.69, 9.17) is 4.74 Å². The average molecular weight is 305 g/mol. The van der Waals surface area contributed by atoms with Crippen molar-refractivity contribution in [3.63, 3.8) is 0 Å². The molecule has 1 aliphatic heterocycles. The van der Waals surface area contributed by atoms with Crippen molar-refractivity contribution in [2.45, 2.75) is 25.4 Å². The number of aromatic amines is 1. The van der Waals surface area contributed by atoms with Crippen LogP contribution in [0.4, 0.5) is 5.69 Å². The molecule has 3 rings (SSSR count). The zero-order valence-corrected chi connectivity index (χ0v) is 12.1. The van der Waals surface area contributed by atoms with Crippen LogP contribution in [0.3, 0.4) is 0 Å². The van der Waals surface area contributed by atoms with Crippen molar-refractivity contribution in [1.82, 2.24) is 9.97 Å². The van der Waals surface area contributed by atoms with E-state index in [0.717, 1.165) is 30.6 Å². The zero-order chi connectivity index (χ0) is 14.7. The third kappa shape index (κ3) is 3.20. The van der Waals surface area contributed by atoms with Gasteiger partial charge in [-0.15, -0.1) is 0 Å². The van der Waals surface area contributed by atoms with Gasteiger partial charge in [-0.05, 0) is 31.4 Å². The summed E-state index contributed by atoms with van der Waals surface area (Å²) in [6.07, 6.45) is 5.91. The molecular formula is C14H15N3O3S. The van der Waals surface area contributed by atoms with E-state index >= 15 is 0 Å². The maximum Gasteiger partial charge on any atom is 0.305 e. The SMILES string of the molecule is O=C(Nc1cccnc1)c1[nH]c(=O)sc1C1CCCCO1. The first-order valence-electron chi connectivity index (χ1n) is 6.80.